The van der Waals surface area contributed by atoms with Gasteiger partial charge in [0, 0.05) is 13.1 Å². The summed E-state index contributed by atoms with van der Waals surface area (Å²) in [4.78, 5) is 31.5. The minimum Gasteiger partial charge on any atom is -0.497 e. The Balaban J connectivity index is 1.95. The Kier molecular flexibility index (Phi) is 6.36. The number of aromatic nitrogens is 1. The van der Waals surface area contributed by atoms with Crippen LogP contribution in [0.5, 0.6) is 5.75 Å². The maximum absolute atomic E-state index is 12.6. The number of ether oxygens (including phenoxy) is 3. The van der Waals surface area contributed by atoms with Crippen LogP contribution in [0.15, 0.2) is 28.7 Å². The van der Waals surface area contributed by atoms with Crippen LogP contribution in [0.25, 0.3) is 0 Å². The molecule has 1 aromatic heterocycles. The third-order valence-corrected chi connectivity index (χ3v) is 5.34. The van der Waals surface area contributed by atoms with Gasteiger partial charge in [-0.15, -0.1) is 0 Å². The van der Waals surface area contributed by atoms with Gasteiger partial charge < -0.3 is 19.1 Å². The van der Waals surface area contributed by atoms with Crippen LogP contribution >= 0.6 is 15.9 Å². The van der Waals surface area contributed by atoms with Gasteiger partial charge in [-0.3, -0.25) is 0 Å². The summed E-state index contributed by atoms with van der Waals surface area (Å²) in [5, 5.41) is 0. The molecule has 0 aliphatic carbocycles. The van der Waals surface area contributed by atoms with Crippen molar-refractivity contribution in [3.63, 3.8) is 0 Å². The number of hydrogen-bond acceptors (Lipinski definition) is 7. The van der Waals surface area contributed by atoms with Gasteiger partial charge in [0.2, 0.25) is 0 Å². The smallest absolute Gasteiger partial charge is 0.358 e. The van der Waals surface area contributed by atoms with Crippen molar-refractivity contribution in [3.8, 4) is 5.75 Å². The van der Waals surface area contributed by atoms with Crippen molar-refractivity contribution in [2.24, 2.45) is 0 Å². The number of rotatable bonds is 4. The number of fused-ring (bicyclic) bond motifs is 1. The number of carbonyl (C=O) groups is 2. The van der Waals surface area contributed by atoms with Gasteiger partial charge in [0.05, 0.1) is 24.3 Å². The maximum atomic E-state index is 12.6. The van der Waals surface area contributed by atoms with Gasteiger partial charge >= 0.3 is 11.9 Å². The molecular weight excluding hydrogens is 452 g/mol. The third-order valence-electron chi connectivity index (χ3n) is 4.70. The lowest BCUT2D eigenvalue weighted by molar-refractivity contribution is 0.00616. The van der Waals surface area contributed by atoms with E-state index in [0.717, 1.165) is 11.1 Å². The molecule has 160 valence electrons. The zero-order valence-corrected chi connectivity index (χ0v) is 19.3. The zero-order valence-electron chi connectivity index (χ0n) is 17.7. The van der Waals surface area contributed by atoms with Crippen molar-refractivity contribution < 1.29 is 23.8 Å². The molecule has 0 spiro atoms. The van der Waals surface area contributed by atoms with E-state index in [2.05, 4.69) is 20.9 Å². The molecule has 2 aromatic rings. The van der Waals surface area contributed by atoms with Crippen molar-refractivity contribution in [3.05, 3.63) is 51.1 Å². The highest BCUT2D eigenvalue weighted by Crippen LogP contribution is 2.31. The molecule has 30 heavy (non-hydrogen) atoms. The second-order valence-electron chi connectivity index (χ2n) is 7.98. The first-order valence-electron chi connectivity index (χ1n) is 9.56. The highest BCUT2D eigenvalue weighted by Gasteiger charge is 2.27. The number of carbonyl (C=O) groups excluding carboxylic acids is 2. The van der Waals surface area contributed by atoms with Gasteiger partial charge in [-0.2, -0.15) is 0 Å². The third kappa shape index (κ3) is 4.75. The largest absolute Gasteiger partial charge is 0.497 e. The fourth-order valence-corrected chi connectivity index (χ4v) is 3.70. The Bertz CT molecular complexity index is 984. The molecule has 0 amide bonds. The molecule has 0 saturated heterocycles. The molecule has 1 aliphatic heterocycles. The number of benzene rings is 1. The van der Waals surface area contributed by atoms with Gasteiger partial charge in [0.15, 0.2) is 5.69 Å². The first kappa shape index (κ1) is 22.1. The number of anilines is 1. The van der Waals surface area contributed by atoms with Crippen molar-refractivity contribution in [2.75, 3.05) is 25.7 Å². The summed E-state index contributed by atoms with van der Waals surface area (Å²) in [5.41, 5.74) is 1.98. The predicted molar refractivity (Wildman–Crippen MR) is 116 cm³/mol. The quantitative estimate of drug-likeness (QED) is 0.612. The molecule has 0 N–H and O–H groups in total. The molecular formula is C22H25BrN2O5. The van der Waals surface area contributed by atoms with Gasteiger partial charge in [-0.25, -0.2) is 14.6 Å². The van der Waals surface area contributed by atoms with Gasteiger partial charge in [-0.05, 0) is 78.5 Å². The molecule has 3 rings (SSSR count). The molecule has 7 nitrogen and oxygen atoms in total. The fraction of sp³-hybridized carbons (Fsp3) is 0.409. The molecule has 1 aromatic carbocycles. The molecule has 1 aliphatic rings. The van der Waals surface area contributed by atoms with E-state index in [1.54, 1.807) is 19.2 Å². The minimum atomic E-state index is -0.618. The van der Waals surface area contributed by atoms with Crippen LogP contribution < -0.4 is 9.64 Å². The van der Waals surface area contributed by atoms with Crippen LogP contribution in [0.4, 0.5) is 5.82 Å². The number of esters is 2. The van der Waals surface area contributed by atoms with Crippen molar-refractivity contribution >= 4 is 33.7 Å². The van der Waals surface area contributed by atoms with Crippen molar-refractivity contribution in [1.82, 2.24) is 4.98 Å². The summed E-state index contributed by atoms with van der Waals surface area (Å²) in [6.07, 6.45) is 0.704. The van der Waals surface area contributed by atoms with Crippen LogP contribution in [-0.4, -0.2) is 43.3 Å². The van der Waals surface area contributed by atoms with Gasteiger partial charge in [0.1, 0.15) is 17.2 Å². The Morgan fingerprint density at radius 2 is 1.87 bits per heavy atom. The fourth-order valence-electron chi connectivity index (χ4n) is 3.32. The standard InChI is InChI=1S/C22H25BrN2O5/c1-22(2,3)30-21(27)19-17(23)6-7-18(24-19)25-9-8-13-10-14(28-4)11-15(16(13)12-25)20(26)29-5/h6-7,10-11H,8-9,12H2,1-5H3. The summed E-state index contributed by atoms with van der Waals surface area (Å²) < 4.78 is 16.3. The van der Waals surface area contributed by atoms with Gasteiger partial charge in [0.25, 0.3) is 0 Å². The number of methoxy groups -OCH3 is 2. The summed E-state index contributed by atoms with van der Waals surface area (Å²) in [5.74, 6) is 0.353. The number of nitrogens with zero attached hydrogens (tertiary/aromatic N) is 2. The molecule has 0 atom stereocenters. The van der Waals surface area contributed by atoms with Crippen LogP contribution in [-0.2, 0) is 22.4 Å². The van der Waals surface area contributed by atoms with E-state index < -0.39 is 17.5 Å². The Morgan fingerprint density at radius 1 is 1.13 bits per heavy atom. The SMILES string of the molecule is COC(=O)c1cc(OC)cc2c1CN(c1ccc(Br)c(C(=O)OC(C)(C)C)n1)CC2. The number of pyridine rings is 1. The molecule has 0 bridgehead atoms. The highest BCUT2D eigenvalue weighted by atomic mass is 79.9. The van der Waals surface area contributed by atoms with E-state index in [0.29, 0.717) is 41.1 Å². The van der Waals surface area contributed by atoms with Crippen molar-refractivity contribution in [1.29, 1.82) is 0 Å². The molecule has 0 unspecified atom stereocenters. The van der Waals surface area contributed by atoms with E-state index in [4.69, 9.17) is 14.2 Å². The normalized spacial score (nSPS) is 13.5. The van der Waals surface area contributed by atoms with Crippen molar-refractivity contribution in [2.45, 2.75) is 39.3 Å². The lowest BCUT2D eigenvalue weighted by Gasteiger charge is -2.31. The Labute approximate surface area is 184 Å². The summed E-state index contributed by atoms with van der Waals surface area (Å²) in [6, 6.07) is 7.26. The first-order valence-corrected chi connectivity index (χ1v) is 10.3. The number of hydrogen-bond donors (Lipinski definition) is 0. The summed E-state index contributed by atoms with van der Waals surface area (Å²) in [7, 11) is 2.93. The summed E-state index contributed by atoms with van der Waals surface area (Å²) >= 11 is 3.39. The molecule has 2 heterocycles. The minimum absolute atomic E-state index is 0.219. The first-order chi connectivity index (χ1) is 14.1. The van der Waals surface area contributed by atoms with Gasteiger partial charge in [-0.1, -0.05) is 0 Å². The lowest BCUT2D eigenvalue weighted by Crippen LogP contribution is -2.33. The lowest BCUT2D eigenvalue weighted by atomic mass is 9.94. The molecule has 0 saturated carbocycles. The van der Waals surface area contributed by atoms with E-state index in [9.17, 15) is 9.59 Å². The molecule has 0 fully saturated rings. The van der Waals surface area contributed by atoms with E-state index in [1.165, 1.54) is 7.11 Å². The zero-order chi connectivity index (χ0) is 22.1. The van der Waals surface area contributed by atoms with E-state index in [-0.39, 0.29) is 5.69 Å². The number of halogens is 1. The van der Waals surface area contributed by atoms with Crippen LogP contribution in [0.2, 0.25) is 0 Å². The monoisotopic (exact) mass is 476 g/mol. The average molecular weight is 477 g/mol. The van der Waals surface area contributed by atoms with Crippen LogP contribution in [0, 0.1) is 0 Å². The highest BCUT2D eigenvalue weighted by molar-refractivity contribution is 9.10. The predicted octanol–water partition coefficient (Wildman–Crippen LogP) is 4.16. The Hall–Kier alpha value is -2.61. The topological polar surface area (TPSA) is 78.0 Å². The van der Waals surface area contributed by atoms with Crippen LogP contribution in [0.1, 0.15) is 52.7 Å². The Morgan fingerprint density at radius 3 is 2.50 bits per heavy atom. The maximum Gasteiger partial charge on any atom is 0.358 e. The summed E-state index contributed by atoms with van der Waals surface area (Å²) in [6.45, 7) is 6.59. The molecule has 0 radical (unpaired) electrons. The van der Waals surface area contributed by atoms with Crippen LogP contribution in [0.3, 0.4) is 0 Å². The second-order valence-corrected chi connectivity index (χ2v) is 8.83. The van der Waals surface area contributed by atoms with E-state index >= 15 is 0 Å². The molecule has 8 heteroatoms. The van der Waals surface area contributed by atoms with E-state index in [1.807, 2.05) is 37.8 Å². The average Bonchev–Trinajstić information content (AvgIpc) is 2.71. The second kappa shape index (κ2) is 8.63.